The fourth-order valence-corrected chi connectivity index (χ4v) is 5.12. The van der Waals surface area contributed by atoms with Crippen LogP contribution < -0.4 is 10.6 Å². The van der Waals surface area contributed by atoms with Crippen LogP contribution in [0.5, 0.6) is 0 Å². The fraction of sp³-hybridized carbons (Fsp3) is 0.524. The molecular weight excluding hydrogens is 372 g/mol. The van der Waals surface area contributed by atoms with Crippen LogP contribution in [0.15, 0.2) is 18.2 Å². The molecule has 0 bridgehead atoms. The van der Waals surface area contributed by atoms with E-state index >= 15 is 0 Å². The second-order valence-electron chi connectivity index (χ2n) is 8.46. The summed E-state index contributed by atoms with van der Waals surface area (Å²) < 4.78 is 0. The number of likely N-dealkylation sites (tertiary alicyclic amines) is 1. The predicted octanol–water partition coefficient (Wildman–Crippen LogP) is 0.272. The number of fused-ring (bicyclic) bond motifs is 2. The van der Waals surface area contributed by atoms with Crippen LogP contribution in [0.1, 0.15) is 52.0 Å². The lowest BCUT2D eigenvalue weighted by atomic mass is 9.92. The van der Waals surface area contributed by atoms with Crippen molar-refractivity contribution >= 4 is 23.6 Å². The average Bonchev–Trinajstić information content (AvgIpc) is 3.25. The number of benzene rings is 1. The molecule has 3 saturated heterocycles. The van der Waals surface area contributed by atoms with E-state index in [1.165, 1.54) is 12.8 Å². The number of imide groups is 2. The Morgan fingerprint density at radius 2 is 1.83 bits per heavy atom. The predicted molar refractivity (Wildman–Crippen MR) is 103 cm³/mol. The molecule has 4 aliphatic rings. The zero-order chi connectivity index (χ0) is 20.1. The van der Waals surface area contributed by atoms with Gasteiger partial charge in [-0.15, -0.1) is 0 Å². The van der Waals surface area contributed by atoms with E-state index in [0.717, 1.165) is 42.6 Å². The molecule has 4 aliphatic heterocycles. The first kappa shape index (κ1) is 18.4. The van der Waals surface area contributed by atoms with E-state index in [1.54, 1.807) is 12.1 Å². The van der Waals surface area contributed by atoms with Gasteiger partial charge in [-0.3, -0.25) is 34.3 Å². The van der Waals surface area contributed by atoms with Crippen LogP contribution >= 0.6 is 0 Å². The number of nitrogens with zero attached hydrogens (tertiary/aromatic N) is 2. The van der Waals surface area contributed by atoms with Gasteiger partial charge in [0.25, 0.3) is 11.8 Å². The highest BCUT2D eigenvalue weighted by atomic mass is 16.2. The van der Waals surface area contributed by atoms with Crippen molar-refractivity contribution < 1.29 is 19.2 Å². The van der Waals surface area contributed by atoms with Gasteiger partial charge in [0.05, 0.1) is 11.1 Å². The van der Waals surface area contributed by atoms with E-state index in [4.69, 9.17) is 0 Å². The molecule has 0 aromatic heterocycles. The smallest absolute Gasteiger partial charge is 0.262 e. The lowest BCUT2D eigenvalue weighted by molar-refractivity contribution is -0.136. The van der Waals surface area contributed by atoms with Crippen LogP contribution in [0.3, 0.4) is 0 Å². The van der Waals surface area contributed by atoms with Crippen molar-refractivity contribution in [2.45, 2.75) is 44.3 Å². The molecule has 29 heavy (non-hydrogen) atoms. The Kier molecular flexibility index (Phi) is 4.48. The molecule has 5 rings (SSSR count). The van der Waals surface area contributed by atoms with Gasteiger partial charge in [0, 0.05) is 25.6 Å². The summed E-state index contributed by atoms with van der Waals surface area (Å²) in [6, 6.07) is 5.00. The van der Waals surface area contributed by atoms with E-state index in [0.29, 0.717) is 17.2 Å². The van der Waals surface area contributed by atoms with Crippen LogP contribution in [-0.4, -0.2) is 65.1 Å². The summed E-state index contributed by atoms with van der Waals surface area (Å²) in [4.78, 5) is 52.7. The summed E-state index contributed by atoms with van der Waals surface area (Å²) in [6.07, 6.45) is 2.74. The standard InChI is InChI=1S/C21H24N4O4/c26-18-4-3-17(19(27)23-18)25-20(28)14-2-1-12(9-15(14)21(25)29)10-24-8-6-13-5-7-22-16(13)11-24/h1-2,9,13,16-17,22H,3-8,10-11H2,(H,23,26,27)/t13-,16+,17?/m1/s1. The molecule has 152 valence electrons. The molecule has 8 nitrogen and oxygen atoms in total. The third-order valence-electron chi connectivity index (χ3n) is 6.67. The Balaban J connectivity index is 1.33. The maximum atomic E-state index is 12.9. The van der Waals surface area contributed by atoms with Crippen LogP contribution in [0.4, 0.5) is 0 Å². The molecule has 1 aromatic rings. The molecular formula is C21H24N4O4. The highest BCUT2D eigenvalue weighted by Gasteiger charge is 2.44. The molecule has 4 amide bonds. The van der Waals surface area contributed by atoms with Crippen molar-refractivity contribution in [3.63, 3.8) is 0 Å². The molecule has 2 N–H and O–H groups in total. The van der Waals surface area contributed by atoms with Crippen molar-refractivity contribution in [1.29, 1.82) is 0 Å². The second kappa shape index (κ2) is 7.03. The first-order valence-corrected chi connectivity index (χ1v) is 10.3. The molecule has 8 heteroatoms. The number of amides is 4. The van der Waals surface area contributed by atoms with Crippen LogP contribution in [0, 0.1) is 5.92 Å². The minimum absolute atomic E-state index is 0.125. The topological polar surface area (TPSA) is 98.8 Å². The molecule has 3 atom stereocenters. The van der Waals surface area contributed by atoms with E-state index in [2.05, 4.69) is 15.5 Å². The number of rotatable bonds is 3. The number of piperidine rings is 2. The van der Waals surface area contributed by atoms with E-state index in [9.17, 15) is 19.2 Å². The molecule has 0 spiro atoms. The molecule has 0 saturated carbocycles. The molecule has 0 radical (unpaired) electrons. The van der Waals surface area contributed by atoms with Gasteiger partial charge in [-0.25, -0.2) is 0 Å². The summed E-state index contributed by atoms with van der Waals surface area (Å²) in [7, 11) is 0. The van der Waals surface area contributed by atoms with Crippen molar-refractivity contribution in [2.24, 2.45) is 5.92 Å². The summed E-state index contributed by atoms with van der Waals surface area (Å²) in [5.41, 5.74) is 1.68. The van der Waals surface area contributed by atoms with Crippen molar-refractivity contribution in [2.75, 3.05) is 19.6 Å². The zero-order valence-corrected chi connectivity index (χ0v) is 16.1. The lowest BCUT2D eigenvalue weighted by Gasteiger charge is -2.34. The molecule has 1 unspecified atom stereocenters. The summed E-state index contributed by atoms with van der Waals surface area (Å²) >= 11 is 0. The minimum atomic E-state index is -0.920. The Morgan fingerprint density at radius 3 is 2.66 bits per heavy atom. The number of carbonyl (C=O) groups excluding carboxylic acids is 4. The number of carbonyl (C=O) groups is 4. The Labute approximate surface area is 168 Å². The van der Waals surface area contributed by atoms with Crippen LogP contribution in [0.2, 0.25) is 0 Å². The largest absolute Gasteiger partial charge is 0.312 e. The summed E-state index contributed by atoms with van der Waals surface area (Å²) in [5.74, 6) is -1.08. The van der Waals surface area contributed by atoms with Gasteiger partial charge in [-0.05, 0) is 56.0 Å². The molecule has 3 fully saturated rings. The van der Waals surface area contributed by atoms with Crippen molar-refractivity contribution in [3.05, 3.63) is 34.9 Å². The monoisotopic (exact) mass is 396 g/mol. The Hall–Kier alpha value is -2.58. The second-order valence-corrected chi connectivity index (χ2v) is 8.46. The summed E-state index contributed by atoms with van der Waals surface area (Å²) in [6.45, 7) is 3.86. The Bertz CT molecular complexity index is 914. The van der Waals surface area contributed by atoms with E-state index < -0.39 is 23.8 Å². The van der Waals surface area contributed by atoms with E-state index in [-0.39, 0.29) is 18.7 Å². The van der Waals surface area contributed by atoms with Crippen LogP contribution in [0.25, 0.3) is 0 Å². The van der Waals surface area contributed by atoms with Crippen LogP contribution in [-0.2, 0) is 16.1 Å². The first-order chi connectivity index (χ1) is 14.0. The SMILES string of the molecule is O=C1CCC(N2C(=O)c3ccc(CN4CC[C@H]5CCN[C@H]5C4)cc3C2=O)C(=O)N1. The molecule has 0 aliphatic carbocycles. The average molecular weight is 396 g/mol. The third kappa shape index (κ3) is 3.16. The van der Waals surface area contributed by atoms with Gasteiger partial charge < -0.3 is 5.32 Å². The fourth-order valence-electron chi connectivity index (χ4n) is 5.12. The first-order valence-electron chi connectivity index (χ1n) is 10.3. The quantitative estimate of drug-likeness (QED) is 0.712. The number of nitrogens with one attached hydrogen (secondary N) is 2. The molecule has 4 heterocycles. The number of hydrogen-bond donors (Lipinski definition) is 2. The molecule has 1 aromatic carbocycles. The minimum Gasteiger partial charge on any atom is -0.312 e. The normalized spacial score (nSPS) is 29.8. The van der Waals surface area contributed by atoms with Crippen molar-refractivity contribution in [1.82, 2.24) is 20.4 Å². The summed E-state index contributed by atoms with van der Waals surface area (Å²) in [5, 5.41) is 5.79. The third-order valence-corrected chi connectivity index (χ3v) is 6.67. The maximum absolute atomic E-state index is 12.9. The number of hydrogen-bond acceptors (Lipinski definition) is 6. The zero-order valence-electron chi connectivity index (χ0n) is 16.1. The Morgan fingerprint density at radius 1 is 1.00 bits per heavy atom. The maximum Gasteiger partial charge on any atom is 0.262 e. The van der Waals surface area contributed by atoms with Gasteiger partial charge >= 0.3 is 0 Å². The van der Waals surface area contributed by atoms with E-state index in [1.807, 2.05) is 6.07 Å². The lowest BCUT2D eigenvalue weighted by Crippen LogP contribution is -2.54. The van der Waals surface area contributed by atoms with Crippen molar-refractivity contribution in [3.8, 4) is 0 Å². The highest BCUT2D eigenvalue weighted by Crippen LogP contribution is 2.30. The van der Waals surface area contributed by atoms with Gasteiger partial charge in [0.1, 0.15) is 6.04 Å². The highest BCUT2D eigenvalue weighted by molar-refractivity contribution is 6.23. The van der Waals surface area contributed by atoms with Gasteiger partial charge in [0.15, 0.2) is 0 Å². The van der Waals surface area contributed by atoms with Gasteiger partial charge in [-0.2, -0.15) is 0 Å². The van der Waals surface area contributed by atoms with Gasteiger partial charge in [-0.1, -0.05) is 6.07 Å². The van der Waals surface area contributed by atoms with Gasteiger partial charge in [0.2, 0.25) is 11.8 Å².